The van der Waals surface area contributed by atoms with Crippen molar-refractivity contribution < 1.29 is 8.78 Å². The average molecular weight is 212 g/mol. The van der Waals surface area contributed by atoms with Crippen molar-refractivity contribution in [1.82, 2.24) is 0 Å². The summed E-state index contributed by atoms with van der Waals surface area (Å²) in [5, 5.41) is 0. The van der Waals surface area contributed by atoms with Gasteiger partial charge < -0.3 is 5.73 Å². The maximum atomic E-state index is 12.5. The average Bonchev–Trinajstić information content (AvgIpc) is 2.05. The van der Waals surface area contributed by atoms with Gasteiger partial charge in [-0.1, -0.05) is 0 Å². The Hall–Kier alpha value is 0.110. The molecule has 3 rings (SSSR count). The molecule has 0 heterocycles. The number of hydrogen-bond donors (Lipinski definition) is 1. The lowest BCUT2D eigenvalue weighted by molar-refractivity contribution is -0.0394. The molecule has 3 aliphatic rings. The van der Waals surface area contributed by atoms with E-state index in [4.69, 9.17) is 5.73 Å². The molecule has 78 valence electrons. The molecule has 0 aliphatic heterocycles. The van der Waals surface area contributed by atoms with Crippen LogP contribution in [0.3, 0.4) is 0 Å². The lowest BCUT2D eigenvalue weighted by Gasteiger charge is -2.46. The van der Waals surface area contributed by atoms with Crippen LogP contribution in [-0.2, 0) is 0 Å². The van der Waals surface area contributed by atoms with E-state index in [0.29, 0.717) is 5.92 Å². The zero-order chi connectivity index (χ0) is 8.72. The molecule has 2 bridgehead atoms. The van der Waals surface area contributed by atoms with Gasteiger partial charge in [0.05, 0.1) is 0 Å². The van der Waals surface area contributed by atoms with Crippen LogP contribution >= 0.6 is 12.4 Å². The second-order valence-electron chi connectivity index (χ2n) is 4.16. The van der Waals surface area contributed by atoms with E-state index in [1.807, 2.05) is 0 Å². The first-order valence-electron chi connectivity index (χ1n) is 4.74. The quantitative estimate of drug-likeness (QED) is 0.709. The number of fused-ring (bicyclic) bond motifs is 3. The molecule has 3 aliphatic carbocycles. The summed E-state index contributed by atoms with van der Waals surface area (Å²) in [6, 6.07) is -0.225. The van der Waals surface area contributed by atoms with Crippen LogP contribution in [0.15, 0.2) is 0 Å². The molecule has 13 heavy (non-hydrogen) atoms. The van der Waals surface area contributed by atoms with Crippen LogP contribution in [0, 0.1) is 17.8 Å². The van der Waals surface area contributed by atoms with Crippen LogP contribution in [0.25, 0.3) is 0 Å². The molecule has 0 aromatic rings. The smallest absolute Gasteiger partial charge is 0.243 e. The van der Waals surface area contributed by atoms with E-state index in [0.717, 1.165) is 25.7 Å². The molecular weight excluding hydrogens is 196 g/mol. The van der Waals surface area contributed by atoms with E-state index >= 15 is 0 Å². The Morgan fingerprint density at radius 3 is 1.77 bits per heavy atom. The van der Waals surface area contributed by atoms with Crippen LogP contribution in [-0.4, -0.2) is 12.5 Å². The van der Waals surface area contributed by atoms with Crippen molar-refractivity contribution >= 4 is 12.4 Å². The molecule has 0 saturated heterocycles. The topological polar surface area (TPSA) is 26.0 Å². The van der Waals surface area contributed by atoms with Crippen LogP contribution in [0.4, 0.5) is 8.78 Å². The van der Waals surface area contributed by atoms with E-state index in [1.165, 1.54) is 0 Å². The van der Waals surface area contributed by atoms with Gasteiger partial charge in [0.1, 0.15) is 0 Å². The van der Waals surface area contributed by atoms with Crippen molar-refractivity contribution in [1.29, 1.82) is 0 Å². The van der Waals surface area contributed by atoms with Crippen molar-refractivity contribution in [2.24, 2.45) is 23.5 Å². The van der Waals surface area contributed by atoms with Gasteiger partial charge in [0.15, 0.2) is 0 Å². The summed E-state index contributed by atoms with van der Waals surface area (Å²) in [7, 11) is 0. The Morgan fingerprint density at radius 2 is 1.46 bits per heavy atom. The number of rotatable bonds is 1. The predicted molar refractivity (Wildman–Crippen MR) is 50.2 cm³/mol. The third-order valence-corrected chi connectivity index (χ3v) is 3.64. The summed E-state index contributed by atoms with van der Waals surface area (Å²) in [6.45, 7) is 0. The summed E-state index contributed by atoms with van der Waals surface area (Å²) in [5.41, 5.74) is 5.79. The molecule has 0 unspecified atom stereocenters. The lowest BCUT2D eigenvalue weighted by Crippen LogP contribution is -2.51. The highest BCUT2D eigenvalue weighted by Gasteiger charge is 2.45. The van der Waals surface area contributed by atoms with Crippen molar-refractivity contribution in [3.05, 3.63) is 0 Å². The van der Waals surface area contributed by atoms with Crippen LogP contribution in [0.2, 0.25) is 0 Å². The Labute approximate surface area is 83.5 Å². The molecule has 0 amide bonds. The molecule has 4 heteroatoms. The highest BCUT2D eigenvalue weighted by Crippen LogP contribution is 2.46. The van der Waals surface area contributed by atoms with Gasteiger partial charge in [-0.3, -0.25) is 0 Å². The van der Waals surface area contributed by atoms with Gasteiger partial charge in [-0.05, 0) is 37.5 Å². The number of nitrogens with two attached hydrogens (primary N) is 1. The van der Waals surface area contributed by atoms with E-state index < -0.39 is 12.3 Å². The van der Waals surface area contributed by atoms with Gasteiger partial charge >= 0.3 is 0 Å². The van der Waals surface area contributed by atoms with Crippen LogP contribution < -0.4 is 5.73 Å². The normalized spacial score (nSPS) is 43.4. The number of halogens is 3. The van der Waals surface area contributed by atoms with E-state index in [2.05, 4.69) is 0 Å². The van der Waals surface area contributed by atoms with Gasteiger partial charge in [-0.2, -0.15) is 0 Å². The predicted octanol–water partition coefficient (Wildman–Crippen LogP) is 2.44. The van der Waals surface area contributed by atoms with Gasteiger partial charge in [0, 0.05) is 12.0 Å². The number of alkyl halides is 2. The van der Waals surface area contributed by atoms with Crippen molar-refractivity contribution in [2.75, 3.05) is 0 Å². The molecule has 2 N–H and O–H groups in total. The molecule has 0 aromatic carbocycles. The minimum Gasteiger partial charge on any atom is -0.327 e. The zero-order valence-electron chi connectivity index (χ0n) is 7.46. The minimum atomic E-state index is -2.20. The second-order valence-corrected chi connectivity index (χ2v) is 4.16. The SMILES string of the molecule is Cl.N[C@@H]1C2CCC(CC2)[C@H]1C(F)F. The molecule has 0 radical (unpaired) electrons. The van der Waals surface area contributed by atoms with E-state index in [-0.39, 0.29) is 24.4 Å². The minimum absolute atomic E-state index is 0. The molecular formula is C9H16ClF2N. The maximum absolute atomic E-state index is 12.5. The highest BCUT2D eigenvalue weighted by molar-refractivity contribution is 5.85. The Balaban J connectivity index is 0.000000845. The molecule has 3 saturated carbocycles. The first kappa shape index (κ1) is 11.2. The lowest BCUT2D eigenvalue weighted by atomic mass is 9.62. The van der Waals surface area contributed by atoms with Crippen LogP contribution in [0.5, 0.6) is 0 Å². The molecule has 3 fully saturated rings. The van der Waals surface area contributed by atoms with Crippen molar-refractivity contribution in [2.45, 2.75) is 38.2 Å². The van der Waals surface area contributed by atoms with Crippen LogP contribution in [0.1, 0.15) is 25.7 Å². The molecule has 0 spiro atoms. The summed E-state index contributed by atoms with van der Waals surface area (Å²) < 4.78 is 25.1. The zero-order valence-corrected chi connectivity index (χ0v) is 8.27. The Kier molecular flexibility index (Phi) is 3.52. The third kappa shape index (κ3) is 1.82. The summed E-state index contributed by atoms with van der Waals surface area (Å²) in [4.78, 5) is 0. The Bertz CT molecular complexity index is 167. The van der Waals surface area contributed by atoms with Gasteiger partial charge in [0.25, 0.3) is 0 Å². The Morgan fingerprint density at radius 1 is 1.00 bits per heavy atom. The van der Waals surface area contributed by atoms with Gasteiger partial charge in [-0.15, -0.1) is 12.4 Å². The van der Waals surface area contributed by atoms with Crippen molar-refractivity contribution in [3.8, 4) is 0 Å². The number of hydrogen-bond acceptors (Lipinski definition) is 1. The maximum Gasteiger partial charge on any atom is 0.243 e. The fourth-order valence-corrected chi connectivity index (χ4v) is 2.92. The van der Waals surface area contributed by atoms with E-state index in [9.17, 15) is 8.78 Å². The largest absolute Gasteiger partial charge is 0.327 e. The highest BCUT2D eigenvalue weighted by atomic mass is 35.5. The first-order chi connectivity index (χ1) is 5.70. The summed E-state index contributed by atoms with van der Waals surface area (Å²) >= 11 is 0. The summed E-state index contributed by atoms with van der Waals surface area (Å²) in [6.07, 6.45) is 1.92. The second kappa shape index (κ2) is 4.09. The molecule has 0 aromatic heterocycles. The molecule has 1 nitrogen and oxygen atoms in total. The fraction of sp³-hybridized carbons (Fsp3) is 1.00. The van der Waals surface area contributed by atoms with Gasteiger partial charge in [-0.25, -0.2) is 8.78 Å². The molecule has 2 atom stereocenters. The first-order valence-corrected chi connectivity index (χ1v) is 4.74. The summed E-state index contributed by atoms with van der Waals surface area (Å²) in [5.74, 6) is 0.0940. The van der Waals surface area contributed by atoms with Crippen molar-refractivity contribution in [3.63, 3.8) is 0 Å². The van der Waals surface area contributed by atoms with E-state index in [1.54, 1.807) is 0 Å². The van der Waals surface area contributed by atoms with Gasteiger partial charge in [0.2, 0.25) is 6.43 Å². The third-order valence-electron chi connectivity index (χ3n) is 3.64. The fourth-order valence-electron chi connectivity index (χ4n) is 2.92. The monoisotopic (exact) mass is 211 g/mol. The standard InChI is InChI=1S/C9H15F2N.ClH/c10-9(11)7-5-1-3-6(4-2-5)8(7)12;/h5-9H,1-4,12H2;1H/t5?,6?,7-,8-;/m1./s1.